The van der Waals surface area contributed by atoms with Gasteiger partial charge < -0.3 is 15.4 Å². The smallest absolute Gasteiger partial charge is 0.319 e. The normalized spacial score (nSPS) is 10.5. The van der Waals surface area contributed by atoms with E-state index in [0.29, 0.717) is 10.8 Å². The lowest BCUT2D eigenvalue weighted by Gasteiger charge is -2.15. The van der Waals surface area contributed by atoms with Gasteiger partial charge >= 0.3 is 6.03 Å². The van der Waals surface area contributed by atoms with E-state index in [4.69, 9.17) is 16.3 Å². The molecule has 0 heterocycles. The van der Waals surface area contributed by atoms with Gasteiger partial charge in [0.2, 0.25) is 0 Å². The number of ether oxygens (including phenoxy) is 1. The molecule has 0 saturated carbocycles. The zero-order chi connectivity index (χ0) is 16.8. The van der Waals surface area contributed by atoms with Crippen LogP contribution in [0.25, 0.3) is 0 Å². The predicted octanol–water partition coefficient (Wildman–Crippen LogP) is 4.59. The Balaban J connectivity index is 2.02. The van der Waals surface area contributed by atoms with E-state index < -0.39 is 11.8 Å². The minimum atomic E-state index is -0.468. The minimum Gasteiger partial charge on any atom is -0.489 e. The minimum absolute atomic E-state index is 0.0906. The summed E-state index contributed by atoms with van der Waals surface area (Å²) in [6.07, 6.45) is -0.0906. The summed E-state index contributed by atoms with van der Waals surface area (Å²) in [5.41, 5.74) is 1.07. The highest BCUT2D eigenvalue weighted by molar-refractivity contribution is 6.31. The highest BCUT2D eigenvalue weighted by Crippen LogP contribution is 2.26. The van der Waals surface area contributed by atoms with Crippen LogP contribution >= 0.6 is 11.6 Å². The van der Waals surface area contributed by atoms with Crippen LogP contribution in [-0.2, 0) is 6.54 Å². The molecule has 0 radical (unpaired) electrons. The van der Waals surface area contributed by atoms with E-state index in [1.54, 1.807) is 6.07 Å². The molecule has 0 atom stereocenters. The van der Waals surface area contributed by atoms with Crippen LogP contribution < -0.4 is 15.4 Å². The average molecular weight is 337 g/mol. The molecule has 0 aromatic heterocycles. The van der Waals surface area contributed by atoms with E-state index in [0.717, 1.165) is 5.56 Å². The van der Waals surface area contributed by atoms with Crippen LogP contribution in [0.15, 0.2) is 42.5 Å². The van der Waals surface area contributed by atoms with Crippen LogP contribution in [0.5, 0.6) is 5.75 Å². The Bertz CT molecular complexity index is 692. The number of hydrogen-bond acceptors (Lipinski definition) is 2. The number of carbonyl (C=O) groups excluding carboxylic acids is 1. The number of hydrogen-bond donors (Lipinski definition) is 2. The van der Waals surface area contributed by atoms with Crippen molar-refractivity contribution < 1.29 is 13.9 Å². The van der Waals surface area contributed by atoms with Gasteiger partial charge in [-0.3, -0.25) is 0 Å². The second kappa shape index (κ2) is 7.83. The van der Waals surface area contributed by atoms with Crippen molar-refractivity contribution in [2.24, 2.45) is 0 Å². The predicted molar refractivity (Wildman–Crippen MR) is 89.5 cm³/mol. The molecule has 2 N–H and O–H groups in total. The number of anilines is 1. The summed E-state index contributed by atoms with van der Waals surface area (Å²) in [5, 5.41) is 5.84. The second-order valence-corrected chi connectivity index (χ2v) is 5.61. The molecule has 0 bridgehead atoms. The number of urea groups is 1. The topological polar surface area (TPSA) is 50.4 Å². The first-order valence-corrected chi connectivity index (χ1v) is 7.58. The fourth-order valence-electron chi connectivity index (χ4n) is 1.94. The molecule has 2 aromatic carbocycles. The summed E-state index contributed by atoms with van der Waals surface area (Å²) in [7, 11) is 0. The largest absolute Gasteiger partial charge is 0.489 e. The fourth-order valence-corrected chi connectivity index (χ4v) is 2.14. The van der Waals surface area contributed by atoms with Gasteiger partial charge in [0.1, 0.15) is 11.6 Å². The van der Waals surface area contributed by atoms with Crippen LogP contribution in [0.4, 0.5) is 14.9 Å². The number of rotatable bonds is 5. The molecule has 0 spiro atoms. The zero-order valence-electron chi connectivity index (χ0n) is 12.9. The third kappa shape index (κ3) is 5.14. The molecule has 2 aromatic rings. The summed E-state index contributed by atoms with van der Waals surface area (Å²) < 4.78 is 18.9. The number of nitrogens with one attached hydrogen (secondary N) is 2. The molecular formula is C17H18ClFN2O2. The number of carbonyl (C=O) groups is 1. The summed E-state index contributed by atoms with van der Waals surface area (Å²) >= 11 is 6.03. The lowest BCUT2D eigenvalue weighted by atomic mass is 10.2. The van der Waals surface area contributed by atoms with Crippen molar-refractivity contribution in [3.63, 3.8) is 0 Å². The van der Waals surface area contributed by atoms with E-state index in [9.17, 15) is 9.18 Å². The van der Waals surface area contributed by atoms with Gasteiger partial charge in [0.25, 0.3) is 0 Å². The molecule has 0 saturated heterocycles. The van der Waals surface area contributed by atoms with E-state index >= 15 is 0 Å². The molecule has 2 amide bonds. The Morgan fingerprint density at radius 1 is 1.26 bits per heavy atom. The summed E-state index contributed by atoms with van der Waals surface area (Å²) in [6, 6.07) is 10.7. The quantitative estimate of drug-likeness (QED) is 0.839. The molecule has 0 aliphatic rings. The zero-order valence-corrected chi connectivity index (χ0v) is 13.7. The first kappa shape index (κ1) is 17.1. The van der Waals surface area contributed by atoms with E-state index in [1.807, 2.05) is 32.0 Å². The van der Waals surface area contributed by atoms with Gasteiger partial charge in [0.05, 0.1) is 11.8 Å². The van der Waals surface area contributed by atoms with Gasteiger partial charge in [0, 0.05) is 17.6 Å². The van der Waals surface area contributed by atoms with Crippen LogP contribution in [0.1, 0.15) is 19.4 Å². The van der Waals surface area contributed by atoms with Crippen LogP contribution in [0, 0.1) is 5.82 Å². The van der Waals surface area contributed by atoms with Crippen molar-refractivity contribution in [3.8, 4) is 5.75 Å². The Morgan fingerprint density at radius 2 is 2.00 bits per heavy atom. The molecule has 2 rings (SSSR count). The molecular weight excluding hydrogens is 319 g/mol. The van der Waals surface area contributed by atoms with Crippen molar-refractivity contribution in [2.75, 3.05) is 5.32 Å². The molecule has 4 nitrogen and oxygen atoms in total. The first-order valence-electron chi connectivity index (χ1n) is 7.20. The summed E-state index contributed by atoms with van der Waals surface area (Å²) in [6.45, 7) is 3.97. The molecule has 6 heteroatoms. The van der Waals surface area contributed by atoms with Crippen LogP contribution in [0.3, 0.4) is 0 Å². The number of amides is 2. The molecule has 0 unspecified atom stereocenters. The van der Waals surface area contributed by atoms with Crippen LogP contribution in [-0.4, -0.2) is 12.1 Å². The van der Waals surface area contributed by atoms with E-state index in [1.165, 1.54) is 18.2 Å². The van der Waals surface area contributed by atoms with Crippen molar-refractivity contribution in [2.45, 2.75) is 26.5 Å². The number of benzene rings is 2. The average Bonchev–Trinajstić information content (AvgIpc) is 2.49. The summed E-state index contributed by atoms with van der Waals surface area (Å²) in [5.74, 6) is -0.0446. The van der Waals surface area contributed by atoms with Gasteiger partial charge in [-0.1, -0.05) is 29.8 Å². The fraction of sp³-hybridized carbons (Fsp3) is 0.235. The van der Waals surface area contributed by atoms with E-state index in [-0.39, 0.29) is 18.3 Å². The maximum atomic E-state index is 13.4. The van der Waals surface area contributed by atoms with Crippen molar-refractivity contribution >= 4 is 23.3 Å². The third-order valence-electron chi connectivity index (χ3n) is 2.95. The maximum Gasteiger partial charge on any atom is 0.319 e. The second-order valence-electron chi connectivity index (χ2n) is 5.21. The van der Waals surface area contributed by atoms with Crippen molar-refractivity contribution in [3.05, 3.63) is 58.9 Å². The standard InChI is InChI=1S/C17H18ClFN2O2/c1-11(2)23-16-8-7-13(19)9-15(16)21-17(22)20-10-12-5-3-4-6-14(12)18/h3-9,11H,10H2,1-2H3,(H2,20,21,22). The Hall–Kier alpha value is -2.27. The van der Waals surface area contributed by atoms with Gasteiger partial charge in [-0.05, 0) is 37.6 Å². The molecule has 23 heavy (non-hydrogen) atoms. The Labute approximate surface area is 139 Å². The SMILES string of the molecule is CC(C)Oc1ccc(F)cc1NC(=O)NCc1ccccc1Cl. The third-order valence-corrected chi connectivity index (χ3v) is 3.32. The van der Waals surface area contributed by atoms with Crippen molar-refractivity contribution in [1.29, 1.82) is 0 Å². The lowest BCUT2D eigenvalue weighted by Crippen LogP contribution is -2.28. The molecule has 0 aliphatic carbocycles. The highest BCUT2D eigenvalue weighted by Gasteiger charge is 2.11. The summed E-state index contributed by atoms with van der Waals surface area (Å²) in [4.78, 5) is 12.0. The van der Waals surface area contributed by atoms with Gasteiger partial charge in [-0.2, -0.15) is 0 Å². The van der Waals surface area contributed by atoms with Gasteiger partial charge in [-0.15, -0.1) is 0 Å². The van der Waals surface area contributed by atoms with Crippen LogP contribution in [0.2, 0.25) is 5.02 Å². The monoisotopic (exact) mass is 336 g/mol. The van der Waals surface area contributed by atoms with E-state index in [2.05, 4.69) is 10.6 Å². The Kier molecular flexibility index (Phi) is 5.82. The Morgan fingerprint density at radius 3 is 2.70 bits per heavy atom. The number of halogens is 2. The maximum absolute atomic E-state index is 13.4. The first-order chi connectivity index (χ1) is 11.0. The molecule has 122 valence electrons. The highest BCUT2D eigenvalue weighted by atomic mass is 35.5. The van der Waals surface area contributed by atoms with Gasteiger partial charge in [-0.25, -0.2) is 9.18 Å². The molecule has 0 aliphatic heterocycles. The van der Waals surface area contributed by atoms with Crippen molar-refractivity contribution in [1.82, 2.24) is 5.32 Å². The lowest BCUT2D eigenvalue weighted by molar-refractivity contribution is 0.241. The van der Waals surface area contributed by atoms with Gasteiger partial charge in [0.15, 0.2) is 0 Å². The molecule has 0 fully saturated rings.